The Morgan fingerprint density at radius 1 is 1.29 bits per heavy atom. The summed E-state index contributed by atoms with van der Waals surface area (Å²) in [6.45, 7) is -0.186. The summed E-state index contributed by atoms with van der Waals surface area (Å²) < 4.78 is 6.72. The number of aliphatic carboxylic acids is 1. The average Bonchev–Trinajstić information content (AvgIpc) is 2.86. The molecule has 0 amide bonds. The Balaban J connectivity index is 2.17. The molecule has 2 heterocycles. The number of carboxylic acid groups (broad SMARTS) is 1. The highest BCUT2D eigenvalue weighted by molar-refractivity contribution is 5.79. The summed E-state index contributed by atoms with van der Waals surface area (Å²) in [6.07, 6.45) is 1.63. The van der Waals surface area contributed by atoms with Crippen molar-refractivity contribution in [2.75, 3.05) is 7.11 Å². The Morgan fingerprint density at radius 2 is 2.05 bits per heavy atom. The van der Waals surface area contributed by atoms with Crippen molar-refractivity contribution >= 4 is 17.1 Å². The minimum atomic E-state index is -0.935. The standard InChI is InChI=1S/C15H13N3O3/c1-21-11-6-4-10(5-7-11)14-17-12-3-2-8-16-15(12)18(14)9-13(19)20/h2-8H,9H2,1H3,(H,19,20). The van der Waals surface area contributed by atoms with E-state index in [9.17, 15) is 4.79 Å². The monoisotopic (exact) mass is 283 g/mol. The molecule has 0 unspecified atom stereocenters. The van der Waals surface area contributed by atoms with Gasteiger partial charge < -0.3 is 9.84 Å². The Kier molecular flexibility index (Phi) is 3.27. The fourth-order valence-corrected chi connectivity index (χ4v) is 2.20. The van der Waals surface area contributed by atoms with Crippen LogP contribution in [0.4, 0.5) is 0 Å². The summed E-state index contributed by atoms with van der Waals surface area (Å²) >= 11 is 0. The molecule has 0 aliphatic heterocycles. The lowest BCUT2D eigenvalue weighted by Gasteiger charge is -2.06. The number of aromatic nitrogens is 3. The highest BCUT2D eigenvalue weighted by Gasteiger charge is 2.15. The first-order valence-electron chi connectivity index (χ1n) is 6.36. The summed E-state index contributed by atoms with van der Waals surface area (Å²) in [6, 6.07) is 10.9. The third-order valence-electron chi connectivity index (χ3n) is 3.15. The van der Waals surface area contributed by atoms with Gasteiger partial charge >= 0.3 is 5.97 Å². The van der Waals surface area contributed by atoms with Crippen LogP contribution in [0.15, 0.2) is 42.6 Å². The number of hydrogen-bond donors (Lipinski definition) is 1. The molecule has 21 heavy (non-hydrogen) atoms. The third kappa shape index (κ3) is 2.43. The molecule has 0 fully saturated rings. The Morgan fingerprint density at radius 3 is 2.71 bits per heavy atom. The fourth-order valence-electron chi connectivity index (χ4n) is 2.20. The van der Waals surface area contributed by atoms with E-state index in [-0.39, 0.29) is 6.54 Å². The van der Waals surface area contributed by atoms with E-state index in [0.29, 0.717) is 17.0 Å². The van der Waals surface area contributed by atoms with Gasteiger partial charge in [-0.2, -0.15) is 0 Å². The lowest BCUT2D eigenvalue weighted by molar-refractivity contribution is -0.137. The van der Waals surface area contributed by atoms with Crippen LogP contribution in [0.1, 0.15) is 0 Å². The number of ether oxygens (including phenoxy) is 1. The van der Waals surface area contributed by atoms with Crippen LogP contribution in [0.5, 0.6) is 5.75 Å². The van der Waals surface area contributed by atoms with E-state index in [2.05, 4.69) is 9.97 Å². The van der Waals surface area contributed by atoms with Gasteiger partial charge in [0, 0.05) is 11.8 Å². The summed E-state index contributed by atoms with van der Waals surface area (Å²) in [5.41, 5.74) is 2.05. The second-order valence-corrected chi connectivity index (χ2v) is 4.49. The first-order chi connectivity index (χ1) is 10.2. The average molecular weight is 283 g/mol. The normalized spacial score (nSPS) is 10.7. The molecule has 0 bridgehead atoms. The van der Waals surface area contributed by atoms with Gasteiger partial charge in [-0.25, -0.2) is 9.97 Å². The molecule has 0 aliphatic rings. The number of benzene rings is 1. The zero-order chi connectivity index (χ0) is 14.8. The highest BCUT2D eigenvalue weighted by Crippen LogP contribution is 2.25. The van der Waals surface area contributed by atoms with Crippen molar-refractivity contribution in [2.24, 2.45) is 0 Å². The van der Waals surface area contributed by atoms with Crippen LogP contribution < -0.4 is 4.74 Å². The predicted octanol–water partition coefficient (Wildman–Crippen LogP) is 2.19. The van der Waals surface area contributed by atoms with Gasteiger partial charge in [-0.05, 0) is 36.4 Å². The minimum Gasteiger partial charge on any atom is -0.497 e. The smallest absolute Gasteiger partial charge is 0.323 e. The molecule has 1 aromatic carbocycles. The van der Waals surface area contributed by atoms with Gasteiger partial charge in [0.15, 0.2) is 5.65 Å². The zero-order valence-corrected chi connectivity index (χ0v) is 11.4. The largest absolute Gasteiger partial charge is 0.497 e. The van der Waals surface area contributed by atoms with Crippen LogP contribution in [0, 0.1) is 0 Å². The lowest BCUT2D eigenvalue weighted by Crippen LogP contribution is -2.10. The van der Waals surface area contributed by atoms with Crippen LogP contribution in [-0.2, 0) is 11.3 Å². The molecule has 0 saturated heterocycles. The molecule has 0 radical (unpaired) electrons. The van der Waals surface area contributed by atoms with E-state index in [1.807, 2.05) is 30.3 Å². The molecule has 2 aromatic heterocycles. The van der Waals surface area contributed by atoms with Crippen LogP contribution in [0.3, 0.4) is 0 Å². The number of rotatable bonds is 4. The van der Waals surface area contributed by atoms with Crippen LogP contribution in [0.25, 0.3) is 22.6 Å². The van der Waals surface area contributed by atoms with Gasteiger partial charge in [0.2, 0.25) is 0 Å². The zero-order valence-electron chi connectivity index (χ0n) is 11.4. The maximum atomic E-state index is 11.1. The molecule has 106 valence electrons. The predicted molar refractivity (Wildman–Crippen MR) is 77.2 cm³/mol. The SMILES string of the molecule is COc1ccc(-c2nc3cccnc3n2CC(=O)O)cc1. The second kappa shape index (κ2) is 5.24. The number of pyridine rings is 1. The van der Waals surface area contributed by atoms with Gasteiger partial charge in [-0.3, -0.25) is 9.36 Å². The summed E-state index contributed by atoms with van der Waals surface area (Å²) in [5, 5.41) is 9.10. The van der Waals surface area contributed by atoms with Gasteiger partial charge in [0.25, 0.3) is 0 Å². The maximum absolute atomic E-state index is 11.1. The van der Waals surface area contributed by atoms with Gasteiger partial charge in [-0.1, -0.05) is 0 Å². The Bertz CT molecular complexity index is 794. The molecule has 6 heteroatoms. The molecule has 3 aromatic rings. The molecule has 0 aliphatic carbocycles. The molecule has 0 saturated carbocycles. The van der Waals surface area contributed by atoms with Gasteiger partial charge in [-0.15, -0.1) is 0 Å². The number of fused-ring (bicyclic) bond motifs is 1. The Labute approximate surface area is 120 Å². The van der Waals surface area contributed by atoms with E-state index in [4.69, 9.17) is 9.84 Å². The van der Waals surface area contributed by atoms with E-state index < -0.39 is 5.97 Å². The van der Waals surface area contributed by atoms with Gasteiger partial charge in [0.1, 0.15) is 23.6 Å². The molecule has 6 nitrogen and oxygen atoms in total. The van der Waals surface area contributed by atoms with Crippen molar-refractivity contribution in [1.29, 1.82) is 0 Å². The lowest BCUT2D eigenvalue weighted by atomic mass is 10.2. The van der Waals surface area contributed by atoms with Crippen molar-refractivity contribution in [1.82, 2.24) is 14.5 Å². The first-order valence-corrected chi connectivity index (χ1v) is 6.36. The first kappa shape index (κ1) is 13.1. The van der Waals surface area contributed by atoms with Crippen LogP contribution >= 0.6 is 0 Å². The van der Waals surface area contributed by atoms with Crippen molar-refractivity contribution in [2.45, 2.75) is 6.54 Å². The van der Waals surface area contributed by atoms with Crippen molar-refractivity contribution in [3.05, 3.63) is 42.6 Å². The number of carboxylic acids is 1. The van der Waals surface area contributed by atoms with Crippen LogP contribution in [0.2, 0.25) is 0 Å². The summed E-state index contributed by atoms with van der Waals surface area (Å²) in [5.74, 6) is 0.376. The minimum absolute atomic E-state index is 0.186. The van der Waals surface area contributed by atoms with Crippen molar-refractivity contribution in [3.8, 4) is 17.1 Å². The highest BCUT2D eigenvalue weighted by atomic mass is 16.5. The second-order valence-electron chi connectivity index (χ2n) is 4.49. The maximum Gasteiger partial charge on any atom is 0.323 e. The molecule has 3 rings (SSSR count). The summed E-state index contributed by atoms with van der Waals surface area (Å²) in [7, 11) is 1.60. The third-order valence-corrected chi connectivity index (χ3v) is 3.15. The number of nitrogens with zero attached hydrogens (tertiary/aromatic N) is 3. The molecular weight excluding hydrogens is 270 g/mol. The van der Waals surface area contributed by atoms with Crippen molar-refractivity contribution < 1.29 is 14.6 Å². The summed E-state index contributed by atoms with van der Waals surface area (Å²) in [4.78, 5) is 19.8. The van der Waals surface area contributed by atoms with E-state index in [1.165, 1.54) is 0 Å². The number of imidazole rings is 1. The molecule has 0 atom stereocenters. The fraction of sp³-hybridized carbons (Fsp3) is 0.133. The van der Waals surface area contributed by atoms with Crippen LogP contribution in [-0.4, -0.2) is 32.7 Å². The van der Waals surface area contributed by atoms with Crippen molar-refractivity contribution in [3.63, 3.8) is 0 Å². The van der Waals surface area contributed by atoms with E-state index in [1.54, 1.807) is 23.9 Å². The Hall–Kier alpha value is -2.89. The molecule has 0 spiro atoms. The van der Waals surface area contributed by atoms with E-state index >= 15 is 0 Å². The number of hydrogen-bond acceptors (Lipinski definition) is 4. The molecule has 1 N–H and O–H groups in total. The number of carbonyl (C=O) groups is 1. The topological polar surface area (TPSA) is 77.2 Å². The quantitative estimate of drug-likeness (QED) is 0.794. The number of methoxy groups -OCH3 is 1. The van der Waals surface area contributed by atoms with Gasteiger partial charge in [0.05, 0.1) is 7.11 Å². The molecular formula is C15H13N3O3. The van der Waals surface area contributed by atoms with E-state index in [0.717, 1.165) is 11.3 Å².